The van der Waals surface area contributed by atoms with Crippen molar-refractivity contribution in [1.29, 1.82) is 0 Å². The zero-order valence-corrected chi connectivity index (χ0v) is 15.1. The number of amides is 1. The van der Waals surface area contributed by atoms with E-state index >= 15 is 0 Å². The van der Waals surface area contributed by atoms with Crippen LogP contribution in [0.3, 0.4) is 0 Å². The van der Waals surface area contributed by atoms with Crippen LogP contribution in [0.4, 0.5) is 0 Å². The van der Waals surface area contributed by atoms with Crippen LogP contribution in [0, 0.1) is 6.92 Å². The number of rotatable bonds is 6. The molecule has 3 rings (SSSR count). The molecule has 0 aliphatic rings. The minimum atomic E-state index is -0.262. The molecular formula is C21H19ClN2O2. The Balaban J connectivity index is 1.70. The van der Waals surface area contributed by atoms with E-state index in [-0.39, 0.29) is 18.6 Å². The Morgan fingerprint density at radius 3 is 2.46 bits per heavy atom. The fraction of sp³-hybridized carbons (Fsp3) is 0.143. The van der Waals surface area contributed by atoms with Gasteiger partial charge in [0.25, 0.3) is 5.91 Å². The first-order chi connectivity index (χ1) is 12.6. The van der Waals surface area contributed by atoms with Crippen LogP contribution in [0.25, 0.3) is 0 Å². The first kappa shape index (κ1) is 18.0. The van der Waals surface area contributed by atoms with E-state index in [1.165, 1.54) is 0 Å². The molecule has 3 aromatic rings. The van der Waals surface area contributed by atoms with Gasteiger partial charge in [0.1, 0.15) is 5.75 Å². The van der Waals surface area contributed by atoms with Gasteiger partial charge in [-0.1, -0.05) is 41.9 Å². The average molecular weight is 367 g/mol. The van der Waals surface area contributed by atoms with Crippen molar-refractivity contribution in [1.82, 2.24) is 10.3 Å². The molecule has 0 spiro atoms. The van der Waals surface area contributed by atoms with Gasteiger partial charge in [-0.05, 0) is 53.9 Å². The van der Waals surface area contributed by atoms with E-state index in [2.05, 4.69) is 10.3 Å². The molecular weight excluding hydrogens is 348 g/mol. The summed E-state index contributed by atoms with van der Waals surface area (Å²) in [5.41, 5.74) is 2.86. The standard InChI is InChI=1S/C21H19ClN2O2/c1-15-13-18(7-8-19(15)22)26-14-20(25)24-21(16-5-3-2-4-6-16)17-9-11-23-12-10-17/h2-13,21H,14H2,1H3,(H,24,25). The molecule has 1 heterocycles. The number of hydrogen-bond donors (Lipinski definition) is 1. The number of carbonyl (C=O) groups excluding carboxylic acids is 1. The number of hydrogen-bond acceptors (Lipinski definition) is 3. The van der Waals surface area contributed by atoms with Gasteiger partial charge >= 0.3 is 0 Å². The first-order valence-electron chi connectivity index (χ1n) is 8.26. The van der Waals surface area contributed by atoms with Gasteiger partial charge in [0, 0.05) is 17.4 Å². The van der Waals surface area contributed by atoms with E-state index in [0.29, 0.717) is 10.8 Å². The van der Waals surface area contributed by atoms with Crippen molar-refractivity contribution >= 4 is 17.5 Å². The van der Waals surface area contributed by atoms with Gasteiger partial charge in [0.2, 0.25) is 0 Å². The molecule has 0 bridgehead atoms. The highest BCUT2D eigenvalue weighted by Crippen LogP contribution is 2.22. The van der Waals surface area contributed by atoms with Crippen molar-refractivity contribution < 1.29 is 9.53 Å². The second kappa shape index (κ2) is 8.50. The summed E-state index contributed by atoms with van der Waals surface area (Å²) in [6.45, 7) is 1.82. The maximum absolute atomic E-state index is 12.4. The van der Waals surface area contributed by atoms with Crippen molar-refractivity contribution in [3.8, 4) is 5.75 Å². The zero-order chi connectivity index (χ0) is 18.4. The van der Waals surface area contributed by atoms with Gasteiger partial charge < -0.3 is 10.1 Å². The Labute approximate surface area is 157 Å². The molecule has 0 saturated heterocycles. The number of benzene rings is 2. The molecule has 0 fully saturated rings. The number of aromatic nitrogens is 1. The Kier molecular flexibility index (Phi) is 5.87. The maximum Gasteiger partial charge on any atom is 0.258 e. The highest BCUT2D eigenvalue weighted by molar-refractivity contribution is 6.31. The summed E-state index contributed by atoms with van der Waals surface area (Å²) in [5, 5.41) is 3.70. The SMILES string of the molecule is Cc1cc(OCC(=O)NC(c2ccccc2)c2ccncc2)ccc1Cl. The summed E-state index contributed by atoms with van der Waals surface area (Å²) < 4.78 is 5.59. The number of nitrogens with one attached hydrogen (secondary N) is 1. The van der Waals surface area contributed by atoms with Crippen LogP contribution < -0.4 is 10.1 Å². The van der Waals surface area contributed by atoms with E-state index in [4.69, 9.17) is 16.3 Å². The summed E-state index contributed by atoms with van der Waals surface area (Å²) in [5.74, 6) is 0.408. The van der Waals surface area contributed by atoms with E-state index in [1.54, 1.807) is 24.5 Å². The smallest absolute Gasteiger partial charge is 0.258 e. The number of halogens is 1. The molecule has 0 saturated carbocycles. The Morgan fingerprint density at radius 2 is 1.77 bits per heavy atom. The predicted molar refractivity (Wildman–Crippen MR) is 102 cm³/mol. The summed E-state index contributed by atoms with van der Waals surface area (Å²) >= 11 is 6.01. The minimum absolute atomic E-state index is 0.0739. The van der Waals surface area contributed by atoms with Gasteiger partial charge in [-0.25, -0.2) is 0 Å². The highest BCUT2D eigenvalue weighted by Gasteiger charge is 2.17. The fourth-order valence-electron chi connectivity index (χ4n) is 2.62. The Hall–Kier alpha value is -2.85. The molecule has 1 unspecified atom stereocenters. The van der Waals surface area contributed by atoms with Gasteiger partial charge in [-0.3, -0.25) is 9.78 Å². The summed E-state index contributed by atoms with van der Waals surface area (Å²) in [6.07, 6.45) is 3.43. The molecule has 26 heavy (non-hydrogen) atoms. The normalized spacial score (nSPS) is 11.6. The van der Waals surface area contributed by atoms with E-state index in [0.717, 1.165) is 16.7 Å². The Bertz CT molecular complexity index is 830. The molecule has 5 heteroatoms. The van der Waals surface area contributed by atoms with Crippen LogP contribution >= 0.6 is 11.6 Å². The number of carbonyl (C=O) groups is 1. The van der Waals surface area contributed by atoms with Crippen LogP contribution in [0.5, 0.6) is 5.75 Å². The van der Waals surface area contributed by atoms with Crippen LogP contribution in [0.15, 0.2) is 73.1 Å². The number of nitrogens with zero attached hydrogens (tertiary/aromatic N) is 1. The molecule has 1 amide bonds. The van der Waals surface area contributed by atoms with Crippen molar-refractivity contribution in [2.45, 2.75) is 13.0 Å². The largest absolute Gasteiger partial charge is 0.484 e. The average Bonchev–Trinajstić information content (AvgIpc) is 2.68. The fourth-order valence-corrected chi connectivity index (χ4v) is 2.74. The topological polar surface area (TPSA) is 51.2 Å². The second-order valence-corrected chi connectivity index (χ2v) is 6.30. The number of aryl methyl sites for hydroxylation is 1. The van der Waals surface area contributed by atoms with E-state index in [1.807, 2.05) is 55.5 Å². The third-order valence-electron chi connectivity index (χ3n) is 3.98. The number of ether oxygens (including phenoxy) is 1. The van der Waals surface area contributed by atoms with Gasteiger partial charge in [-0.2, -0.15) is 0 Å². The van der Waals surface area contributed by atoms with E-state index in [9.17, 15) is 4.79 Å². The third-order valence-corrected chi connectivity index (χ3v) is 4.40. The predicted octanol–water partition coefficient (Wildman–Crippen LogP) is 4.33. The molecule has 0 radical (unpaired) electrons. The first-order valence-corrected chi connectivity index (χ1v) is 8.64. The monoisotopic (exact) mass is 366 g/mol. The van der Waals surface area contributed by atoms with Crippen LogP contribution in [0.2, 0.25) is 5.02 Å². The van der Waals surface area contributed by atoms with Crippen molar-refractivity contribution in [2.24, 2.45) is 0 Å². The van der Waals surface area contributed by atoms with Gasteiger partial charge in [0.05, 0.1) is 6.04 Å². The third kappa shape index (κ3) is 4.61. The van der Waals surface area contributed by atoms with Gasteiger partial charge in [-0.15, -0.1) is 0 Å². The molecule has 1 atom stereocenters. The van der Waals surface area contributed by atoms with Crippen LogP contribution in [0.1, 0.15) is 22.7 Å². The van der Waals surface area contributed by atoms with Crippen molar-refractivity contribution in [2.75, 3.05) is 6.61 Å². The minimum Gasteiger partial charge on any atom is -0.484 e. The van der Waals surface area contributed by atoms with Crippen LogP contribution in [-0.4, -0.2) is 17.5 Å². The molecule has 2 aromatic carbocycles. The molecule has 0 aliphatic carbocycles. The lowest BCUT2D eigenvalue weighted by molar-refractivity contribution is -0.123. The molecule has 1 aromatic heterocycles. The summed E-state index contributed by atoms with van der Waals surface area (Å²) in [7, 11) is 0. The lowest BCUT2D eigenvalue weighted by Crippen LogP contribution is -2.33. The molecule has 1 N–H and O–H groups in total. The molecule has 0 aliphatic heterocycles. The summed E-state index contributed by atoms with van der Waals surface area (Å²) in [6, 6.07) is 18.6. The quantitative estimate of drug-likeness (QED) is 0.706. The Morgan fingerprint density at radius 1 is 1.08 bits per heavy atom. The number of pyridine rings is 1. The van der Waals surface area contributed by atoms with Crippen molar-refractivity contribution in [3.63, 3.8) is 0 Å². The van der Waals surface area contributed by atoms with E-state index < -0.39 is 0 Å². The van der Waals surface area contributed by atoms with Gasteiger partial charge in [0.15, 0.2) is 6.61 Å². The summed E-state index contributed by atoms with van der Waals surface area (Å²) in [4.78, 5) is 16.5. The molecule has 132 valence electrons. The van der Waals surface area contributed by atoms with Crippen molar-refractivity contribution in [3.05, 3.63) is 94.8 Å². The lowest BCUT2D eigenvalue weighted by atomic mass is 10.00. The maximum atomic E-state index is 12.4. The second-order valence-electron chi connectivity index (χ2n) is 5.89. The lowest BCUT2D eigenvalue weighted by Gasteiger charge is -2.20. The van der Waals surface area contributed by atoms with Crippen LogP contribution in [-0.2, 0) is 4.79 Å². The highest BCUT2D eigenvalue weighted by atomic mass is 35.5. The molecule has 4 nitrogen and oxygen atoms in total. The zero-order valence-electron chi connectivity index (χ0n) is 14.4.